The fraction of sp³-hybridized carbons (Fsp3) is 0.588. The quantitative estimate of drug-likeness (QED) is 0.916. The van der Waals surface area contributed by atoms with Crippen LogP contribution in [0.4, 0.5) is 0 Å². The standard InChI is InChI=1S/C17H26N2O/c1-13-8-9-19(12-14(13)2)17(20)16(11-18)10-15-6-4-3-5-7-15/h3-7,13-14,16H,8-12,18H2,1-2H3. The highest BCUT2D eigenvalue weighted by Gasteiger charge is 2.29. The molecule has 0 aromatic heterocycles. The molecule has 0 radical (unpaired) electrons. The molecule has 1 amide bonds. The number of nitrogens with zero attached hydrogens (tertiary/aromatic N) is 1. The zero-order valence-electron chi connectivity index (χ0n) is 12.6. The van der Waals surface area contributed by atoms with Crippen molar-refractivity contribution in [1.82, 2.24) is 4.90 Å². The summed E-state index contributed by atoms with van der Waals surface area (Å²) < 4.78 is 0. The lowest BCUT2D eigenvalue weighted by atomic mass is 9.87. The first-order valence-electron chi connectivity index (χ1n) is 7.64. The zero-order valence-corrected chi connectivity index (χ0v) is 12.6. The number of rotatable bonds is 4. The average Bonchev–Trinajstić information content (AvgIpc) is 2.48. The van der Waals surface area contributed by atoms with E-state index in [9.17, 15) is 4.79 Å². The minimum absolute atomic E-state index is 0.0852. The SMILES string of the molecule is CC1CCN(C(=O)C(CN)Cc2ccccc2)CC1C. The summed E-state index contributed by atoms with van der Waals surface area (Å²) in [5.74, 6) is 1.44. The monoisotopic (exact) mass is 274 g/mol. The van der Waals surface area contributed by atoms with Gasteiger partial charge in [-0.3, -0.25) is 4.79 Å². The Kier molecular flexibility index (Phi) is 5.18. The first kappa shape index (κ1) is 15.0. The molecule has 1 aliphatic heterocycles. The van der Waals surface area contributed by atoms with E-state index < -0.39 is 0 Å². The van der Waals surface area contributed by atoms with Gasteiger partial charge in [0.1, 0.15) is 0 Å². The minimum atomic E-state index is -0.0852. The Labute approximate surface area is 122 Å². The molecule has 1 aliphatic rings. The molecule has 0 spiro atoms. The maximum absolute atomic E-state index is 12.6. The Balaban J connectivity index is 1.99. The van der Waals surface area contributed by atoms with Gasteiger partial charge in [0.15, 0.2) is 0 Å². The summed E-state index contributed by atoms with van der Waals surface area (Å²) in [5, 5.41) is 0. The van der Waals surface area contributed by atoms with Crippen LogP contribution < -0.4 is 5.73 Å². The lowest BCUT2D eigenvalue weighted by Crippen LogP contribution is -2.46. The molecule has 1 aromatic carbocycles. The largest absolute Gasteiger partial charge is 0.342 e. The summed E-state index contributed by atoms with van der Waals surface area (Å²) >= 11 is 0. The van der Waals surface area contributed by atoms with Gasteiger partial charge in [-0.1, -0.05) is 44.2 Å². The lowest BCUT2D eigenvalue weighted by molar-refractivity contribution is -0.137. The second-order valence-corrected chi connectivity index (χ2v) is 6.15. The molecule has 1 heterocycles. The zero-order chi connectivity index (χ0) is 14.5. The van der Waals surface area contributed by atoms with Crippen LogP contribution in [0.25, 0.3) is 0 Å². The molecule has 3 atom stereocenters. The Morgan fingerprint density at radius 2 is 2.00 bits per heavy atom. The van der Waals surface area contributed by atoms with Crippen LogP contribution >= 0.6 is 0 Å². The van der Waals surface area contributed by atoms with Gasteiger partial charge >= 0.3 is 0 Å². The highest BCUT2D eigenvalue weighted by molar-refractivity contribution is 5.79. The van der Waals surface area contributed by atoms with Crippen LogP contribution in [0, 0.1) is 17.8 Å². The van der Waals surface area contributed by atoms with Crippen molar-refractivity contribution in [2.75, 3.05) is 19.6 Å². The van der Waals surface area contributed by atoms with Crippen molar-refractivity contribution in [3.8, 4) is 0 Å². The number of carbonyl (C=O) groups excluding carboxylic acids is 1. The van der Waals surface area contributed by atoms with Crippen LogP contribution in [0.5, 0.6) is 0 Å². The van der Waals surface area contributed by atoms with Crippen LogP contribution in [0.2, 0.25) is 0 Å². The van der Waals surface area contributed by atoms with Crippen molar-refractivity contribution < 1.29 is 4.79 Å². The second kappa shape index (κ2) is 6.89. The molecule has 2 N–H and O–H groups in total. The normalized spacial score (nSPS) is 24.4. The molecular weight excluding hydrogens is 248 g/mol. The molecule has 3 heteroatoms. The number of hydrogen-bond acceptors (Lipinski definition) is 2. The molecule has 20 heavy (non-hydrogen) atoms. The second-order valence-electron chi connectivity index (χ2n) is 6.15. The lowest BCUT2D eigenvalue weighted by Gasteiger charge is -2.37. The third-order valence-electron chi connectivity index (χ3n) is 4.60. The van der Waals surface area contributed by atoms with Gasteiger partial charge in [0.05, 0.1) is 5.92 Å². The summed E-state index contributed by atoms with van der Waals surface area (Å²) in [5.41, 5.74) is 7.03. The van der Waals surface area contributed by atoms with Crippen LogP contribution in [-0.4, -0.2) is 30.4 Å². The highest BCUT2D eigenvalue weighted by Crippen LogP contribution is 2.24. The number of benzene rings is 1. The molecule has 0 aliphatic carbocycles. The van der Waals surface area contributed by atoms with Gasteiger partial charge in [-0.2, -0.15) is 0 Å². The van der Waals surface area contributed by atoms with Gasteiger partial charge in [0.2, 0.25) is 5.91 Å². The Morgan fingerprint density at radius 1 is 1.30 bits per heavy atom. The van der Waals surface area contributed by atoms with E-state index in [1.165, 1.54) is 5.56 Å². The maximum atomic E-state index is 12.6. The molecule has 1 saturated heterocycles. The van der Waals surface area contributed by atoms with Gasteiger partial charge in [-0.05, 0) is 30.2 Å². The van der Waals surface area contributed by atoms with Crippen molar-refractivity contribution in [3.05, 3.63) is 35.9 Å². The summed E-state index contributed by atoms with van der Waals surface area (Å²) in [6.45, 7) is 6.70. The molecule has 110 valence electrons. The summed E-state index contributed by atoms with van der Waals surface area (Å²) in [7, 11) is 0. The average molecular weight is 274 g/mol. The molecule has 2 rings (SSSR count). The van der Waals surface area contributed by atoms with Crippen LogP contribution in [-0.2, 0) is 11.2 Å². The van der Waals surface area contributed by atoms with Crippen molar-refractivity contribution in [1.29, 1.82) is 0 Å². The topological polar surface area (TPSA) is 46.3 Å². The Morgan fingerprint density at radius 3 is 2.60 bits per heavy atom. The Hall–Kier alpha value is -1.35. The van der Waals surface area contributed by atoms with Crippen molar-refractivity contribution >= 4 is 5.91 Å². The summed E-state index contributed by atoms with van der Waals surface area (Å²) in [6, 6.07) is 10.2. The first-order chi connectivity index (χ1) is 9.61. The molecule has 0 bridgehead atoms. The Bertz CT molecular complexity index is 432. The minimum Gasteiger partial charge on any atom is -0.342 e. The smallest absolute Gasteiger partial charge is 0.227 e. The highest BCUT2D eigenvalue weighted by atomic mass is 16.2. The third-order valence-corrected chi connectivity index (χ3v) is 4.60. The van der Waals surface area contributed by atoms with Crippen LogP contribution in [0.1, 0.15) is 25.8 Å². The molecular formula is C17H26N2O. The van der Waals surface area contributed by atoms with Crippen LogP contribution in [0.15, 0.2) is 30.3 Å². The molecule has 3 unspecified atom stereocenters. The number of piperidine rings is 1. The molecule has 1 fully saturated rings. The molecule has 1 aromatic rings. The number of likely N-dealkylation sites (tertiary alicyclic amines) is 1. The van der Waals surface area contributed by atoms with Crippen LogP contribution in [0.3, 0.4) is 0 Å². The van der Waals surface area contributed by atoms with Gasteiger partial charge in [0.25, 0.3) is 0 Å². The molecule has 0 saturated carbocycles. The third kappa shape index (κ3) is 3.60. The summed E-state index contributed by atoms with van der Waals surface area (Å²) in [4.78, 5) is 14.7. The predicted molar refractivity (Wildman–Crippen MR) is 82.2 cm³/mol. The van der Waals surface area contributed by atoms with Crippen molar-refractivity contribution in [3.63, 3.8) is 0 Å². The van der Waals surface area contributed by atoms with Gasteiger partial charge < -0.3 is 10.6 Å². The van der Waals surface area contributed by atoms with E-state index in [4.69, 9.17) is 5.73 Å². The van der Waals surface area contributed by atoms with E-state index in [1.54, 1.807) is 0 Å². The van der Waals surface area contributed by atoms with E-state index in [1.807, 2.05) is 23.1 Å². The van der Waals surface area contributed by atoms with Crippen molar-refractivity contribution in [2.45, 2.75) is 26.7 Å². The fourth-order valence-electron chi connectivity index (χ4n) is 2.89. The number of hydrogen-bond donors (Lipinski definition) is 1. The van der Waals surface area contributed by atoms with E-state index in [-0.39, 0.29) is 11.8 Å². The fourth-order valence-corrected chi connectivity index (χ4v) is 2.89. The van der Waals surface area contributed by atoms with Crippen molar-refractivity contribution in [2.24, 2.45) is 23.5 Å². The summed E-state index contributed by atoms with van der Waals surface area (Å²) in [6.07, 6.45) is 1.85. The van der Waals surface area contributed by atoms with E-state index in [2.05, 4.69) is 26.0 Å². The first-order valence-corrected chi connectivity index (χ1v) is 7.64. The maximum Gasteiger partial charge on any atom is 0.227 e. The predicted octanol–water partition coefficient (Wildman–Crippen LogP) is 2.31. The van der Waals surface area contributed by atoms with Gasteiger partial charge in [-0.25, -0.2) is 0 Å². The molecule has 3 nitrogen and oxygen atoms in total. The number of amides is 1. The number of carbonyl (C=O) groups is 1. The van der Waals surface area contributed by atoms with Gasteiger partial charge in [-0.15, -0.1) is 0 Å². The number of nitrogens with two attached hydrogens (primary N) is 1. The van der Waals surface area contributed by atoms with Gasteiger partial charge in [0, 0.05) is 19.6 Å². The van der Waals surface area contributed by atoms with E-state index >= 15 is 0 Å². The van der Waals surface area contributed by atoms with E-state index in [0.29, 0.717) is 18.4 Å². The van der Waals surface area contributed by atoms with E-state index in [0.717, 1.165) is 25.9 Å².